The molecule has 0 amide bonds. The van der Waals surface area contributed by atoms with Gasteiger partial charge in [0, 0.05) is 17.5 Å². The molecule has 0 fully saturated rings. The Morgan fingerprint density at radius 1 is 1.00 bits per heavy atom. The third-order valence-corrected chi connectivity index (χ3v) is 5.84. The molecule has 1 N–H and O–H groups in total. The van der Waals surface area contributed by atoms with Crippen LogP contribution in [-0.2, 0) is 13.0 Å². The summed E-state index contributed by atoms with van der Waals surface area (Å²) in [5.41, 5.74) is 5.84. The van der Waals surface area contributed by atoms with E-state index >= 15 is 0 Å². The average molecular weight is 399 g/mol. The van der Waals surface area contributed by atoms with E-state index < -0.39 is 0 Å². The van der Waals surface area contributed by atoms with Crippen molar-refractivity contribution in [1.82, 2.24) is 10.3 Å². The van der Waals surface area contributed by atoms with Gasteiger partial charge in [0.1, 0.15) is 0 Å². The molecule has 3 aromatic carbocycles. The number of aromatic nitrogens is 1. The number of nitrogens with one attached hydrogen (secondary N) is 1. The molecular weight excluding hydrogens is 372 g/mol. The van der Waals surface area contributed by atoms with Crippen LogP contribution in [-0.4, -0.2) is 25.2 Å². The van der Waals surface area contributed by atoms with Crippen LogP contribution in [0.15, 0.2) is 54.6 Å². The first-order valence-electron chi connectivity index (χ1n) is 10.6. The van der Waals surface area contributed by atoms with Crippen LogP contribution in [0.2, 0.25) is 0 Å². The Hall–Kier alpha value is -3.11. The van der Waals surface area contributed by atoms with Gasteiger partial charge in [0.15, 0.2) is 11.5 Å². The molecule has 0 radical (unpaired) electrons. The minimum Gasteiger partial charge on any atom is -0.493 e. The summed E-state index contributed by atoms with van der Waals surface area (Å²) in [6.07, 6.45) is 1.97. The Morgan fingerprint density at radius 3 is 2.77 bits per heavy atom. The average Bonchev–Trinajstić information content (AvgIpc) is 2.81. The van der Waals surface area contributed by atoms with E-state index in [0.717, 1.165) is 54.2 Å². The van der Waals surface area contributed by atoms with Gasteiger partial charge in [0.2, 0.25) is 0 Å². The van der Waals surface area contributed by atoms with E-state index in [4.69, 9.17) is 14.5 Å². The van der Waals surface area contributed by atoms with Crippen molar-refractivity contribution in [2.24, 2.45) is 0 Å². The van der Waals surface area contributed by atoms with Gasteiger partial charge >= 0.3 is 0 Å². The second-order valence-corrected chi connectivity index (χ2v) is 7.74. The summed E-state index contributed by atoms with van der Waals surface area (Å²) in [4.78, 5) is 5.14. The molecule has 0 saturated heterocycles. The van der Waals surface area contributed by atoms with Crippen LogP contribution < -0.4 is 14.8 Å². The maximum atomic E-state index is 5.84. The molecule has 0 spiro atoms. The summed E-state index contributed by atoms with van der Waals surface area (Å²) in [6, 6.07) is 19.1. The van der Waals surface area contributed by atoms with Gasteiger partial charge in [0.05, 0.1) is 24.9 Å². The fourth-order valence-corrected chi connectivity index (χ4v) is 4.43. The van der Waals surface area contributed by atoms with Crippen molar-refractivity contribution >= 4 is 21.7 Å². The zero-order valence-electron chi connectivity index (χ0n) is 17.5. The number of ether oxygens (including phenoxy) is 2. The van der Waals surface area contributed by atoms with Gasteiger partial charge in [-0.25, -0.2) is 4.98 Å². The Morgan fingerprint density at radius 2 is 1.90 bits per heavy atom. The molecule has 1 aromatic heterocycles. The van der Waals surface area contributed by atoms with E-state index in [1.54, 1.807) is 7.11 Å². The van der Waals surface area contributed by atoms with Crippen molar-refractivity contribution in [2.45, 2.75) is 26.3 Å². The first kappa shape index (κ1) is 18.9. The van der Waals surface area contributed by atoms with Gasteiger partial charge in [-0.2, -0.15) is 0 Å². The van der Waals surface area contributed by atoms with Crippen molar-refractivity contribution in [3.05, 3.63) is 65.7 Å². The van der Waals surface area contributed by atoms with Crippen LogP contribution >= 0.6 is 0 Å². The second-order valence-electron chi connectivity index (χ2n) is 7.74. The Balaban J connectivity index is 1.73. The Bertz CT molecular complexity index is 1230. The van der Waals surface area contributed by atoms with E-state index in [1.165, 1.54) is 27.3 Å². The lowest BCUT2D eigenvalue weighted by Crippen LogP contribution is -2.25. The van der Waals surface area contributed by atoms with Crippen molar-refractivity contribution in [2.75, 3.05) is 20.3 Å². The van der Waals surface area contributed by atoms with Crippen molar-refractivity contribution in [3.8, 4) is 22.8 Å². The highest BCUT2D eigenvalue weighted by Gasteiger charge is 2.21. The fourth-order valence-electron chi connectivity index (χ4n) is 4.43. The second kappa shape index (κ2) is 7.96. The first-order chi connectivity index (χ1) is 14.8. The predicted octanol–water partition coefficient (Wildman–Crippen LogP) is 5.50. The minimum atomic E-state index is 0.677. The van der Waals surface area contributed by atoms with Crippen LogP contribution in [0.3, 0.4) is 0 Å². The van der Waals surface area contributed by atoms with E-state index in [9.17, 15) is 0 Å². The summed E-state index contributed by atoms with van der Waals surface area (Å²) < 4.78 is 11.5. The number of fused-ring (bicyclic) bond motifs is 5. The maximum absolute atomic E-state index is 5.84. The number of benzene rings is 3. The smallest absolute Gasteiger partial charge is 0.161 e. The third kappa shape index (κ3) is 3.17. The first-order valence-corrected chi connectivity index (χ1v) is 10.6. The van der Waals surface area contributed by atoms with Crippen LogP contribution in [0.1, 0.15) is 24.5 Å². The van der Waals surface area contributed by atoms with Crippen LogP contribution in [0.25, 0.3) is 32.9 Å². The number of nitrogens with zero attached hydrogens (tertiary/aromatic N) is 1. The summed E-state index contributed by atoms with van der Waals surface area (Å²) in [6.45, 7) is 4.59. The predicted molar refractivity (Wildman–Crippen MR) is 122 cm³/mol. The largest absolute Gasteiger partial charge is 0.493 e. The van der Waals surface area contributed by atoms with Gasteiger partial charge < -0.3 is 14.8 Å². The SMILES string of the molecule is CCCOc1ccc(-c2nc3ccc4ccccc4c3c3c2CNCC3)cc1OC. The molecule has 0 saturated carbocycles. The molecular formula is C26H26N2O2. The lowest BCUT2D eigenvalue weighted by atomic mass is 9.90. The number of rotatable bonds is 5. The van der Waals surface area contributed by atoms with Crippen molar-refractivity contribution in [1.29, 1.82) is 0 Å². The van der Waals surface area contributed by atoms with Crippen LogP contribution in [0.5, 0.6) is 11.5 Å². The van der Waals surface area contributed by atoms with Gasteiger partial charge in [-0.3, -0.25) is 0 Å². The molecule has 2 heterocycles. The molecule has 0 aliphatic carbocycles. The molecule has 30 heavy (non-hydrogen) atoms. The van der Waals surface area contributed by atoms with E-state index in [0.29, 0.717) is 6.61 Å². The lowest BCUT2D eigenvalue weighted by Gasteiger charge is -2.23. The monoisotopic (exact) mass is 398 g/mol. The molecule has 1 aliphatic heterocycles. The Kier molecular flexibility index (Phi) is 5.01. The fraction of sp³-hybridized carbons (Fsp3) is 0.269. The molecule has 152 valence electrons. The Labute approximate surface area is 176 Å². The van der Waals surface area contributed by atoms with Gasteiger partial charge in [0.25, 0.3) is 0 Å². The standard InChI is InChI=1S/C26H26N2O2/c1-3-14-30-23-11-9-18(15-24(23)29-2)26-21-16-27-13-12-20(21)25-19-7-5-4-6-17(19)8-10-22(25)28-26/h4-11,15,27H,3,12-14,16H2,1-2H3. The summed E-state index contributed by atoms with van der Waals surface area (Å²) in [7, 11) is 1.69. The normalized spacial score (nSPS) is 13.4. The molecule has 4 nitrogen and oxygen atoms in total. The molecule has 0 unspecified atom stereocenters. The van der Waals surface area contributed by atoms with E-state index in [2.05, 4.69) is 60.8 Å². The van der Waals surface area contributed by atoms with Gasteiger partial charge in [-0.05, 0) is 65.6 Å². The molecule has 4 aromatic rings. The van der Waals surface area contributed by atoms with Crippen molar-refractivity contribution in [3.63, 3.8) is 0 Å². The zero-order chi connectivity index (χ0) is 20.5. The number of hydrogen-bond donors (Lipinski definition) is 1. The van der Waals surface area contributed by atoms with Gasteiger partial charge in [-0.1, -0.05) is 37.3 Å². The molecule has 1 aliphatic rings. The quantitative estimate of drug-likeness (QED) is 0.451. The summed E-state index contributed by atoms with van der Waals surface area (Å²) >= 11 is 0. The highest BCUT2D eigenvalue weighted by molar-refractivity contribution is 6.09. The van der Waals surface area contributed by atoms with Crippen molar-refractivity contribution < 1.29 is 9.47 Å². The number of methoxy groups -OCH3 is 1. The minimum absolute atomic E-state index is 0.677. The zero-order valence-corrected chi connectivity index (χ0v) is 17.5. The van der Waals surface area contributed by atoms with E-state index in [1.807, 2.05) is 6.07 Å². The third-order valence-electron chi connectivity index (χ3n) is 5.84. The lowest BCUT2D eigenvalue weighted by molar-refractivity contribution is 0.294. The molecule has 0 atom stereocenters. The molecule has 4 heteroatoms. The number of hydrogen-bond acceptors (Lipinski definition) is 4. The molecule has 5 rings (SSSR count). The maximum Gasteiger partial charge on any atom is 0.161 e. The highest BCUT2D eigenvalue weighted by atomic mass is 16.5. The summed E-state index contributed by atoms with van der Waals surface area (Å²) in [5, 5.41) is 7.38. The molecule has 0 bridgehead atoms. The van der Waals surface area contributed by atoms with Crippen LogP contribution in [0.4, 0.5) is 0 Å². The van der Waals surface area contributed by atoms with Crippen LogP contribution in [0, 0.1) is 0 Å². The van der Waals surface area contributed by atoms with E-state index in [-0.39, 0.29) is 0 Å². The topological polar surface area (TPSA) is 43.4 Å². The number of pyridine rings is 1. The van der Waals surface area contributed by atoms with Gasteiger partial charge in [-0.15, -0.1) is 0 Å². The highest BCUT2D eigenvalue weighted by Crippen LogP contribution is 2.38. The summed E-state index contributed by atoms with van der Waals surface area (Å²) in [5.74, 6) is 1.53.